The first-order chi connectivity index (χ1) is 16.8. The molecule has 182 valence electrons. The lowest BCUT2D eigenvalue weighted by Gasteiger charge is -2.24. The molecule has 8 nitrogen and oxygen atoms in total. The second kappa shape index (κ2) is 10.5. The number of ether oxygens (including phenoxy) is 2. The van der Waals surface area contributed by atoms with E-state index in [2.05, 4.69) is 40.3 Å². The summed E-state index contributed by atoms with van der Waals surface area (Å²) in [5, 5.41) is 3.99. The minimum absolute atomic E-state index is 0.0912. The number of fused-ring (bicyclic) bond motifs is 1. The van der Waals surface area contributed by atoms with E-state index in [0.29, 0.717) is 27.2 Å². The molecule has 0 aromatic heterocycles. The lowest BCUT2D eigenvalue weighted by Crippen LogP contribution is -2.39. The maximum Gasteiger partial charge on any atom is 0.264 e. The van der Waals surface area contributed by atoms with Gasteiger partial charge in [0.15, 0.2) is 11.5 Å². The minimum atomic E-state index is -3.99. The van der Waals surface area contributed by atoms with Crippen molar-refractivity contribution in [3.05, 3.63) is 82.3 Å². The van der Waals surface area contributed by atoms with Gasteiger partial charge in [-0.1, -0.05) is 44.2 Å². The van der Waals surface area contributed by atoms with Crippen molar-refractivity contribution in [2.45, 2.75) is 24.7 Å². The predicted octanol–water partition coefficient (Wildman–Crippen LogP) is 4.65. The predicted molar refractivity (Wildman–Crippen MR) is 138 cm³/mol. The molecule has 0 bridgehead atoms. The summed E-state index contributed by atoms with van der Waals surface area (Å²) >= 11 is 3.43. The van der Waals surface area contributed by atoms with Gasteiger partial charge in [0, 0.05) is 10.0 Å². The van der Waals surface area contributed by atoms with Crippen LogP contribution in [0.25, 0.3) is 0 Å². The summed E-state index contributed by atoms with van der Waals surface area (Å²) in [5.41, 5.74) is 4.52. The number of rotatable bonds is 8. The first-order valence-corrected chi connectivity index (χ1v) is 13.1. The van der Waals surface area contributed by atoms with Crippen molar-refractivity contribution < 1.29 is 22.7 Å². The van der Waals surface area contributed by atoms with Gasteiger partial charge in [-0.3, -0.25) is 9.10 Å². The Morgan fingerprint density at radius 3 is 2.40 bits per heavy atom. The first-order valence-electron chi connectivity index (χ1n) is 10.8. The molecule has 1 N–H and O–H groups in total. The van der Waals surface area contributed by atoms with Gasteiger partial charge in [0.05, 0.1) is 16.8 Å². The SMILES string of the molecule is CC(C)c1ccc(N(CC(=O)NN=Cc2cc3c(cc2Br)OCO3)S(=O)(=O)c2ccccc2)cc1. The average molecular weight is 558 g/mol. The summed E-state index contributed by atoms with van der Waals surface area (Å²) in [7, 11) is -3.99. The van der Waals surface area contributed by atoms with Crippen LogP contribution in [0.5, 0.6) is 11.5 Å². The molecule has 35 heavy (non-hydrogen) atoms. The number of sulfonamides is 1. The quantitative estimate of drug-likeness (QED) is 0.321. The average Bonchev–Trinajstić information content (AvgIpc) is 3.30. The van der Waals surface area contributed by atoms with E-state index in [0.717, 1.165) is 9.87 Å². The summed E-state index contributed by atoms with van der Waals surface area (Å²) in [4.78, 5) is 12.8. The van der Waals surface area contributed by atoms with Crippen LogP contribution in [0.2, 0.25) is 0 Å². The highest BCUT2D eigenvalue weighted by Crippen LogP contribution is 2.36. The summed E-state index contributed by atoms with van der Waals surface area (Å²) in [6, 6.07) is 18.6. The molecule has 10 heteroatoms. The van der Waals surface area contributed by atoms with Crippen molar-refractivity contribution in [3.8, 4) is 11.5 Å². The number of nitrogens with zero attached hydrogens (tertiary/aromatic N) is 2. The van der Waals surface area contributed by atoms with E-state index in [1.54, 1.807) is 42.5 Å². The Labute approximate surface area is 212 Å². The van der Waals surface area contributed by atoms with Crippen molar-refractivity contribution in [1.29, 1.82) is 0 Å². The molecule has 3 aromatic carbocycles. The van der Waals surface area contributed by atoms with Gasteiger partial charge in [-0.25, -0.2) is 13.8 Å². The highest BCUT2D eigenvalue weighted by Gasteiger charge is 2.27. The molecule has 0 spiro atoms. The minimum Gasteiger partial charge on any atom is -0.454 e. The van der Waals surface area contributed by atoms with Gasteiger partial charge in [-0.05, 0) is 63.8 Å². The molecule has 1 aliphatic rings. The van der Waals surface area contributed by atoms with Crippen molar-refractivity contribution in [2.24, 2.45) is 5.10 Å². The Kier molecular flexibility index (Phi) is 7.42. The third-order valence-corrected chi connectivity index (χ3v) is 7.83. The topological polar surface area (TPSA) is 97.3 Å². The lowest BCUT2D eigenvalue weighted by molar-refractivity contribution is -0.119. The molecule has 0 fully saturated rings. The molecule has 0 saturated carbocycles. The third kappa shape index (κ3) is 5.66. The standard InChI is InChI=1S/C25H24BrN3O5S/c1-17(2)18-8-10-20(11-9-18)29(35(31,32)21-6-4-3-5-7-21)15-25(30)28-27-14-19-12-23-24(13-22(19)26)34-16-33-23/h3-14,17H,15-16H2,1-2H3,(H,28,30). The van der Waals surface area contributed by atoms with Crippen LogP contribution in [-0.4, -0.2) is 33.9 Å². The second-order valence-electron chi connectivity index (χ2n) is 8.09. The maximum atomic E-state index is 13.4. The molecule has 1 heterocycles. The Bertz CT molecular complexity index is 1340. The first kappa shape index (κ1) is 24.7. The van der Waals surface area contributed by atoms with Crippen LogP contribution in [0.1, 0.15) is 30.9 Å². The highest BCUT2D eigenvalue weighted by atomic mass is 79.9. The van der Waals surface area contributed by atoms with E-state index in [-0.39, 0.29) is 17.6 Å². The molecular weight excluding hydrogens is 534 g/mol. The number of hydrogen-bond donors (Lipinski definition) is 1. The normalized spacial score (nSPS) is 12.8. The second-order valence-corrected chi connectivity index (χ2v) is 10.8. The van der Waals surface area contributed by atoms with Gasteiger partial charge in [0.25, 0.3) is 15.9 Å². The molecule has 0 radical (unpaired) electrons. The lowest BCUT2D eigenvalue weighted by atomic mass is 10.0. The molecule has 0 unspecified atom stereocenters. The number of carbonyl (C=O) groups excluding carboxylic acids is 1. The van der Waals surface area contributed by atoms with Crippen molar-refractivity contribution in [3.63, 3.8) is 0 Å². The van der Waals surface area contributed by atoms with Crippen molar-refractivity contribution in [2.75, 3.05) is 17.6 Å². The number of hydrogen-bond acceptors (Lipinski definition) is 6. The fourth-order valence-corrected chi connectivity index (χ4v) is 5.30. The number of nitrogens with one attached hydrogen (secondary N) is 1. The van der Waals surface area contributed by atoms with E-state index < -0.39 is 22.5 Å². The molecule has 0 atom stereocenters. The van der Waals surface area contributed by atoms with Gasteiger partial charge >= 0.3 is 0 Å². The smallest absolute Gasteiger partial charge is 0.264 e. The Balaban J connectivity index is 1.55. The van der Waals surface area contributed by atoms with Crippen LogP contribution >= 0.6 is 15.9 Å². The van der Waals surface area contributed by atoms with E-state index in [1.807, 2.05) is 12.1 Å². The highest BCUT2D eigenvalue weighted by molar-refractivity contribution is 9.10. The Morgan fingerprint density at radius 1 is 1.09 bits per heavy atom. The number of halogens is 1. The Hall–Kier alpha value is -3.37. The van der Waals surface area contributed by atoms with E-state index >= 15 is 0 Å². The third-order valence-electron chi connectivity index (χ3n) is 5.35. The van der Waals surface area contributed by atoms with Gasteiger partial charge in [0.2, 0.25) is 6.79 Å². The van der Waals surface area contributed by atoms with Crippen LogP contribution in [-0.2, 0) is 14.8 Å². The number of hydrazone groups is 1. The van der Waals surface area contributed by atoms with E-state index in [4.69, 9.17) is 9.47 Å². The van der Waals surface area contributed by atoms with Crippen LogP contribution in [0.4, 0.5) is 5.69 Å². The molecule has 3 aromatic rings. The van der Waals surface area contributed by atoms with Gasteiger partial charge in [-0.15, -0.1) is 0 Å². The fourth-order valence-electron chi connectivity index (χ4n) is 3.43. The zero-order valence-corrected chi connectivity index (χ0v) is 21.5. The van der Waals surface area contributed by atoms with Gasteiger partial charge < -0.3 is 9.47 Å². The molecule has 0 saturated heterocycles. The number of carbonyl (C=O) groups is 1. The molecule has 1 aliphatic heterocycles. The van der Waals surface area contributed by atoms with Crippen LogP contribution in [0, 0.1) is 0 Å². The van der Waals surface area contributed by atoms with Crippen molar-refractivity contribution >= 4 is 43.8 Å². The maximum absolute atomic E-state index is 13.4. The zero-order chi connectivity index (χ0) is 25.0. The zero-order valence-electron chi connectivity index (χ0n) is 19.1. The van der Waals surface area contributed by atoms with E-state index in [1.165, 1.54) is 18.3 Å². The monoisotopic (exact) mass is 557 g/mol. The molecule has 0 aliphatic carbocycles. The van der Waals surface area contributed by atoms with Crippen LogP contribution < -0.4 is 19.2 Å². The largest absolute Gasteiger partial charge is 0.454 e. The summed E-state index contributed by atoms with van der Waals surface area (Å²) < 4.78 is 39.3. The number of amides is 1. The Morgan fingerprint density at radius 2 is 1.74 bits per heavy atom. The summed E-state index contributed by atoms with van der Waals surface area (Å²) in [6.45, 7) is 3.80. The van der Waals surface area contributed by atoms with Gasteiger partial charge in [-0.2, -0.15) is 5.10 Å². The molecular formula is C25H24BrN3O5S. The number of anilines is 1. The van der Waals surface area contributed by atoms with Crippen molar-refractivity contribution in [1.82, 2.24) is 5.43 Å². The van der Waals surface area contributed by atoms with Crippen LogP contribution in [0.3, 0.4) is 0 Å². The van der Waals surface area contributed by atoms with E-state index in [9.17, 15) is 13.2 Å². The molecule has 4 rings (SSSR count). The molecule has 1 amide bonds. The summed E-state index contributed by atoms with van der Waals surface area (Å²) in [5.74, 6) is 0.885. The van der Waals surface area contributed by atoms with Crippen LogP contribution in [0.15, 0.2) is 81.2 Å². The summed E-state index contributed by atoms with van der Waals surface area (Å²) in [6.07, 6.45) is 1.44. The fraction of sp³-hybridized carbons (Fsp3) is 0.200. The van der Waals surface area contributed by atoms with Gasteiger partial charge in [0.1, 0.15) is 6.54 Å². The number of benzene rings is 3.